The molecule has 0 bridgehead atoms. The number of hydrogen-bond donors (Lipinski definition) is 0. The van der Waals surface area contributed by atoms with E-state index in [1.807, 2.05) is 60.3 Å². The first-order chi connectivity index (χ1) is 16.9. The van der Waals surface area contributed by atoms with Gasteiger partial charge in [-0.25, -0.2) is 0 Å². The van der Waals surface area contributed by atoms with E-state index in [-0.39, 0.29) is 24.3 Å². The fraction of sp³-hybridized carbons (Fsp3) is 0.538. The number of carbonyl (C=O) groups is 2. The molecule has 1 aliphatic heterocycles. The highest BCUT2D eigenvalue weighted by Gasteiger charge is 2.34. The van der Waals surface area contributed by atoms with Gasteiger partial charge < -0.3 is 24.3 Å². The second kappa shape index (κ2) is 11.5. The Balaban J connectivity index is 1.33. The zero-order valence-corrected chi connectivity index (χ0v) is 21.0. The van der Waals surface area contributed by atoms with Crippen molar-refractivity contribution < 1.29 is 14.3 Å². The molecular formula is C26H36N6O3. The molecule has 0 spiro atoms. The molecule has 0 atom stereocenters. The lowest BCUT2D eigenvalue weighted by molar-refractivity contribution is -0.141. The highest BCUT2D eigenvalue weighted by Crippen LogP contribution is 2.31. The number of amides is 2. The summed E-state index contributed by atoms with van der Waals surface area (Å²) in [5.74, 6) is 1.89. The third kappa shape index (κ3) is 6.69. The van der Waals surface area contributed by atoms with Crippen molar-refractivity contribution in [1.82, 2.24) is 24.9 Å². The monoisotopic (exact) mass is 480 g/mol. The molecule has 2 fully saturated rings. The maximum atomic E-state index is 13.1. The summed E-state index contributed by atoms with van der Waals surface area (Å²) < 4.78 is 5.22. The van der Waals surface area contributed by atoms with E-state index < -0.39 is 0 Å². The van der Waals surface area contributed by atoms with Gasteiger partial charge in [-0.3, -0.25) is 9.59 Å². The smallest absolute Gasteiger partial charge is 0.242 e. The van der Waals surface area contributed by atoms with Crippen LogP contribution in [0.2, 0.25) is 0 Å². The van der Waals surface area contributed by atoms with Crippen LogP contribution in [0.5, 0.6) is 5.75 Å². The van der Waals surface area contributed by atoms with Crippen molar-refractivity contribution in [2.24, 2.45) is 5.92 Å². The maximum absolute atomic E-state index is 13.1. The van der Waals surface area contributed by atoms with E-state index in [9.17, 15) is 9.59 Å². The highest BCUT2D eigenvalue weighted by molar-refractivity contribution is 5.87. The predicted molar refractivity (Wildman–Crippen MR) is 135 cm³/mol. The first-order valence-corrected chi connectivity index (χ1v) is 12.4. The Bertz CT molecular complexity index is 991. The van der Waals surface area contributed by atoms with Gasteiger partial charge in [-0.1, -0.05) is 0 Å². The van der Waals surface area contributed by atoms with Gasteiger partial charge >= 0.3 is 0 Å². The van der Waals surface area contributed by atoms with Gasteiger partial charge in [0.05, 0.1) is 19.3 Å². The number of benzene rings is 1. The molecule has 2 heterocycles. The van der Waals surface area contributed by atoms with Crippen molar-refractivity contribution in [3.8, 4) is 17.0 Å². The molecule has 0 radical (unpaired) electrons. The first kappa shape index (κ1) is 24.9. The molecule has 0 unspecified atom stereocenters. The van der Waals surface area contributed by atoms with Crippen LogP contribution >= 0.6 is 0 Å². The Morgan fingerprint density at radius 2 is 1.74 bits per heavy atom. The Morgan fingerprint density at radius 3 is 2.37 bits per heavy atom. The molecule has 1 saturated carbocycles. The number of aromatic nitrogens is 2. The molecule has 9 heteroatoms. The van der Waals surface area contributed by atoms with Gasteiger partial charge in [0.2, 0.25) is 11.8 Å². The summed E-state index contributed by atoms with van der Waals surface area (Å²) in [5.41, 5.74) is 1.79. The summed E-state index contributed by atoms with van der Waals surface area (Å²) in [6.07, 6.45) is 2.74. The summed E-state index contributed by atoms with van der Waals surface area (Å²) in [7, 11) is 5.61. The minimum atomic E-state index is 0.0283. The van der Waals surface area contributed by atoms with Gasteiger partial charge in [-0.2, -0.15) is 0 Å². The van der Waals surface area contributed by atoms with Crippen LogP contribution in [-0.4, -0.2) is 104 Å². The van der Waals surface area contributed by atoms with Crippen LogP contribution in [-0.2, 0) is 9.59 Å². The molecule has 2 aromatic rings. The minimum Gasteiger partial charge on any atom is -0.497 e. The molecule has 1 aromatic heterocycles. The summed E-state index contributed by atoms with van der Waals surface area (Å²) in [5, 5.41) is 8.87. The summed E-state index contributed by atoms with van der Waals surface area (Å²) >= 11 is 0. The van der Waals surface area contributed by atoms with Crippen molar-refractivity contribution in [2.45, 2.75) is 19.3 Å². The van der Waals surface area contributed by atoms with Gasteiger partial charge in [0, 0.05) is 50.7 Å². The van der Waals surface area contributed by atoms with Crippen molar-refractivity contribution >= 4 is 17.6 Å². The first-order valence-electron chi connectivity index (χ1n) is 12.4. The van der Waals surface area contributed by atoms with E-state index in [0.717, 1.165) is 55.2 Å². The third-order valence-corrected chi connectivity index (χ3v) is 6.59. The largest absolute Gasteiger partial charge is 0.497 e. The number of methoxy groups -OCH3 is 1. The Kier molecular flexibility index (Phi) is 8.17. The van der Waals surface area contributed by atoms with E-state index >= 15 is 0 Å². The van der Waals surface area contributed by atoms with Gasteiger partial charge in [0.15, 0.2) is 5.82 Å². The van der Waals surface area contributed by atoms with Crippen LogP contribution < -0.4 is 9.64 Å². The molecule has 2 amide bonds. The van der Waals surface area contributed by atoms with Crippen LogP contribution in [0.15, 0.2) is 36.4 Å². The summed E-state index contributed by atoms with van der Waals surface area (Å²) in [4.78, 5) is 33.7. The minimum absolute atomic E-state index is 0.0283. The van der Waals surface area contributed by atoms with Gasteiger partial charge in [0.1, 0.15) is 5.75 Å². The fourth-order valence-corrected chi connectivity index (χ4v) is 4.25. The zero-order chi connectivity index (χ0) is 24.8. The Morgan fingerprint density at radius 1 is 0.971 bits per heavy atom. The van der Waals surface area contributed by atoms with Crippen molar-refractivity contribution in [3.05, 3.63) is 36.4 Å². The number of hydrogen-bond acceptors (Lipinski definition) is 7. The van der Waals surface area contributed by atoms with Gasteiger partial charge in [-0.05, 0) is 69.8 Å². The van der Waals surface area contributed by atoms with E-state index in [4.69, 9.17) is 4.74 Å². The molecule has 188 valence electrons. The number of rotatable bonds is 9. The lowest BCUT2D eigenvalue weighted by atomic mass is 10.1. The molecule has 4 rings (SSSR count). The number of likely N-dealkylation sites (N-methyl/N-ethyl adjacent to an activating group) is 1. The molecule has 1 aliphatic carbocycles. The van der Waals surface area contributed by atoms with E-state index in [1.54, 1.807) is 12.0 Å². The average Bonchev–Trinajstić information content (AvgIpc) is 3.73. The van der Waals surface area contributed by atoms with Gasteiger partial charge in [-0.15, -0.1) is 10.2 Å². The van der Waals surface area contributed by atoms with Crippen LogP contribution in [0.3, 0.4) is 0 Å². The number of anilines is 1. The van der Waals surface area contributed by atoms with E-state index in [2.05, 4.69) is 15.1 Å². The van der Waals surface area contributed by atoms with Crippen LogP contribution in [0.4, 0.5) is 5.82 Å². The van der Waals surface area contributed by atoms with Gasteiger partial charge in [0.25, 0.3) is 0 Å². The number of ether oxygens (including phenoxy) is 1. The zero-order valence-electron chi connectivity index (χ0n) is 21.0. The number of carbonyl (C=O) groups excluding carboxylic acids is 2. The van der Waals surface area contributed by atoms with Crippen LogP contribution in [0, 0.1) is 5.92 Å². The topological polar surface area (TPSA) is 82.1 Å². The summed E-state index contributed by atoms with van der Waals surface area (Å²) in [6, 6.07) is 11.7. The molecule has 9 nitrogen and oxygen atoms in total. The second-order valence-electron chi connectivity index (χ2n) is 9.56. The van der Waals surface area contributed by atoms with E-state index in [0.29, 0.717) is 26.2 Å². The number of nitrogens with zero attached hydrogens (tertiary/aromatic N) is 6. The quantitative estimate of drug-likeness (QED) is 0.543. The second-order valence-corrected chi connectivity index (χ2v) is 9.56. The SMILES string of the molecule is COc1ccc(-c2ccc(N3CCCN(C(=O)CN(CCN(C)C)C(=O)C4CC4)CC3)nn2)cc1. The molecule has 0 N–H and O–H groups in total. The Labute approximate surface area is 207 Å². The van der Waals surface area contributed by atoms with Crippen molar-refractivity contribution in [3.63, 3.8) is 0 Å². The Hall–Kier alpha value is -3.20. The molecular weight excluding hydrogens is 444 g/mol. The standard InChI is InChI=1S/C26H36N6O3/c1-29(2)15-16-32(26(34)21-5-6-21)19-25(33)31-14-4-13-30(17-18-31)24-12-11-23(27-28-24)20-7-9-22(35-3)10-8-20/h7-12,21H,4-6,13-19H2,1-3H3. The summed E-state index contributed by atoms with van der Waals surface area (Å²) in [6.45, 7) is 4.31. The molecule has 35 heavy (non-hydrogen) atoms. The maximum Gasteiger partial charge on any atom is 0.242 e. The molecule has 2 aliphatic rings. The third-order valence-electron chi connectivity index (χ3n) is 6.59. The highest BCUT2D eigenvalue weighted by atomic mass is 16.5. The van der Waals surface area contributed by atoms with Crippen molar-refractivity contribution in [2.75, 3.05) is 71.9 Å². The predicted octanol–water partition coefficient (Wildman–Crippen LogP) is 1.99. The molecule has 1 aromatic carbocycles. The van der Waals surface area contributed by atoms with E-state index in [1.165, 1.54) is 0 Å². The lowest BCUT2D eigenvalue weighted by Crippen LogP contribution is -2.46. The van der Waals surface area contributed by atoms with Crippen LogP contribution in [0.25, 0.3) is 11.3 Å². The van der Waals surface area contributed by atoms with Crippen LogP contribution in [0.1, 0.15) is 19.3 Å². The molecule has 1 saturated heterocycles. The average molecular weight is 481 g/mol. The normalized spacial score (nSPS) is 16.2. The lowest BCUT2D eigenvalue weighted by Gasteiger charge is -2.28. The fourth-order valence-electron chi connectivity index (χ4n) is 4.25. The van der Waals surface area contributed by atoms with Crippen molar-refractivity contribution in [1.29, 1.82) is 0 Å².